The van der Waals surface area contributed by atoms with Crippen LogP contribution >= 0.6 is 11.3 Å². The lowest BCUT2D eigenvalue weighted by Gasteiger charge is -2.22. The van der Waals surface area contributed by atoms with Gasteiger partial charge in [0.15, 0.2) is 0 Å². The van der Waals surface area contributed by atoms with Gasteiger partial charge >= 0.3 is 0 Å². The highest BCUT2D eigenvalue weighted by Gasteiger charge is 2.24. The predicted molar refractivity (Wildman–Crippen MR) is 73.7 cm³/mol. The fourth-order valence-corrected chi connectivity index (χ4v) is 2.57. The molecule has 1 saturated heterocycles. The van der Waals surface area contributed by atoms with E-state index < -0.39 is 6.04 Å². The fraction of sp³-hybridized carbons (Fsp3) is 0.385. The summed E-state index contributed by atoms with van der Waals surface area (Å²) in [6.45, 7) is 0.976. The molecule has 4 N–H and O–H groups in total. The first-order chi connectivity index (χ1) is 9.20. The van der Waals surface area contributed by atoms with Gasteiger partial charge in [-0.25, -0.2) is 0 Å². The molecule has 1 atom stereocenters. The van der Waals surface area contributed by atoms with E-state index in [1.807, 2.05) is 0 Å². The van der Waals surface area contributed by atoms with Crippen LogP contribution in [-0.2, 0) is 4.79 Å². The first kappa shape index (κ1) is 13.6. The Morgan fingerprint density at radius 2 is 2.47 bits per heavy atom. The molecule has 0 spiro atoms. The van der Waals surface area contributed by atoms with Crippen molar-refractivity contribution in [1.82, 2.24) is 10.6 Å². The van der Waals surface area contributed by atoms with Crippen LogP contribution in [0.3, 0.4) is 0 Å². The summed E-state index contributed by atoms with van der Waals surface area (Å²) in [4.78, 5) is 24.3. The third kappa shape index (κ3) is 3.56. The molecule has 2 heterocycles. The van der Waals surface area contributed by atoms with Crippen LogP contribution in [0.5, 0.6) is 0 Å². The first-order valence-electron chi connectivity index (χ1n) is 6.07. The maximum absolute atomic E-state index is 12.0. The van der Waals surface area contributed by atoms with Crippen LogP contribution < -0.4 is 16.4 Å². The lowest BCUT2D eigenvalue weighted by molar-refractivity contribution is -0.124. The Kier molecular flexibility index (Phi) is 4.55. The Hall–Kier alpha value is -1.84. The zero-order valence-corrected chi connectivity index (χ0v) is 11.2. The number of amides is 2. The SMILES string of the molecule is NCC#Cc1cc(C(=O)NC2CCCNC2=O)cs1. The number of hydrogen-bond donors (Lipinski definition) is 3. The molecule has 0 saturated carbocycles. The van der Waals surface area contributed by atoms with Crippen LogP contribution in [0, 0.1) is 11.8 Å². The van der Waals surface area contributed by atoms with E-state index in [1.165, 1.54) is 11.3 Å². The minimum absolute atomic E-state index is 0.113. The van der Waals surface area contributed by atoms with Crippen LogP contribution in [-0.4, -0.2) is 30.9 Å². The van der Waals surface area contributed by atoms with Gasteiger partial charge in [0.25, 0.3) is 5.91 Å². The molecular weight excluding hydrogens is 262 g/mol. The molecule has 19 heavy (non-hydrogen) atoms. The summed E-state index contributed by atoms with van der Waals surface area (Å²) >= 11 is 1.39. The van der Waals surface area contributed by atoms with Crippen molar-refractivity contribution < 1.29 is 9.59 Å². The van der Waals surface area contributed by atoms with Gasteiger partial charge in [0.1, 0.15) is 6.04 Å². The summed E-state index contributed by atoms with van der Waals surface area (Å²) in [5, 5.41) is 7.20. The van der Waals surface area contributed by atoms with E-state index in [-0.39, 0.29) is 11.8 Å². The highest BCUT2D eigenvalue weighted by Crippen LogP contribution is 2.14. The summed E-state index contributed by atoms with van der Waals surface area (Å²) in [5.74, 6) is 5.26. The van der Waals surface area contributed by atoms with Gasteiger partial charge in [-0.1, -0.05) is 11.8 Å². The second-order valence-corrected chi connectivity index (χ2v) is 5.08. The standard InChI is InChI=1S/C13H15N3O2S/c14-5-1-3-10-7-9(8-19-10)12(17)16-11-4-2-6-15-13(11)18/h7-8,11H,2,4-6,14H2,(H,15,18)(H,16,17). The topological polar surface area (TPSA) is 84.2 Å². The second-order valence-electron chi connectivity index (χ2n) is 4.16. The van der Waals surface area contributed by atoms with Gasteiger partial charge < -0.3 is 16.4 Å². The minimum Gasteiger partial charge on any atom is -0.354 e. The normalized spacial score (nSPS) is 18.2. The van der Waals surface area contributed by atoms with Gasteiger partial charge in [0, 0.05) is 11.9 Å². The maximum Gasteiger partial charge on any atom is 0.252 e. The van der Waals surface area contributed by atoms with Crippen molar-refractivity contribution >= 4 is 23.2 Å². The van der Waals surface area contributed by atoms with Crippen LogP contribution in [0.1, 0.15) is 28.1 Å². The number of hydrogen-bond acceptors (Lipinski definition) is 4. The molecule has 1 aliphatic heterocycles. The highest BCUT2D eigenvalue weighted by molar-refractivity contribution is 7.10. The van der Waals surface area contributed by atoms with E-state index in [1.54, 1.807) is 11.4 Å². The lowest BCUT2D eigenvalue weighted by atomic mass is 10.1. The third-order valence-corrected chi connectivity index (χ3v) is 3.61. The van der Waals surface area contributed by atoms with Gasteiger partial charge in [-0.3, -0.25) is 9.59 Å². The quantitative estimate of drug-likeness (QED) is 0.669. The van der Waals surface area contributed by atoms with Crippen LogP contribution in [0.2, 0.25) is 0 Å². The van der Waals surface area contributed by atoms with Crippen molar-refractivity contribution in [1.29, 1.82) is 0 Å². The maximum atomic E-state index is 12.0. The summed E-state index contributed by atoms with van der Waals surface area (Å²) in [5.41, 5.74) is 5.82. The lowest BCUT2D eigenvalue weighted by Crippen LogP contribution is -2.50. The largest absolute Gasteiger partial charge is 0.354 e. The van der Waals surface area contributed by atoms with Crippen LogP contribution in [0.25, 0.3) is 0 Å². The summed E-state index contributed by atoms with van der Waals surface area (Å²) in [7, 11) is 0. The molecule has 0 aromatic carbocycles. The van der Waals surface area contributed by atoms with Crippen LogP contribution in [0.15, 0.2) is 11.4 Å². The molecule has 0 radical (unpaired) electrons. The monoisotopic (exact) mass is 277 g/mol. The molecule has 1 fully saturated rings. The molecule has 5 nitrogen and oxygen atoms in total. The average Bonchev–Trinajstić information content (AvgIpc) is 2.88. The van der Waals surface area contributed by atoms with Crippen molar-refractivity contribution in [2.75, 3.05) is 13.1 Å². The molecule has 1 unspecified atom stereocenters. The molecule has 2 rings (SSSR count). The Bertz CT molecular complexity index is 542. The highest BCUT2D eigenvalue weighted by atomic mass is 32.1. The Labute approximate surface area is 115 Å². The fourth-order valence-electron chi connectivity index (χ4n) is 1.81. The second kappa shape index (κ2) is 6.36. The predicted octanol–water partition coefficient (Wildman–Crippen LogP) is 0.0667. The van der Waals surface area contributed by atoms with Crippen molar-refractivity contribution in [3.63, 3.8) is 0 Å². The van der Waals surface area contributed by atoms with Gasteiger partial charge in [-0.15, -0.1) is 11.3 Å². The van der Waals surface area contributed by atoms with Crippen LogP contribution in [0.4, 0.5) is 0 Å². The van der Waals surface area contributed by atoms with Gasteiger partial charge in [-0.05, 0) is 18.9 Å². The van der Waals surface area contributed by atoms with E-state index in [0.29, 0.717) is 25.1 Å². The summed E-state index contributed by atoms with van der Waals surface area (Å²) < 4.78 is 0. The van der Waals surface area contributed by atoms with Crippen molar-refractivity contribution in [2.45, 2.75) is 18.9 Å². The van der Waals surface area contributed by atoms with Crippen molar-refractivity contribution in [2.24, 2.45) is 5.73 Å². The van der Waals surface area contributed by atoms with Gasteiger partial charge in [0.05, 0.1) is 17.0 Å². The molecular formula is C13H15N3O2S. The minimum atomic E-state index is -0.431. The van der Waals surface area contributed by atoms with E-state index >= 15 is 0 Å². The average molecular weight is 277 g/mol. The van der Waals surface area contributed by atoms with Gasteiger partial charge in [0.2, 0.25) is 5.91 Å². The molecule has 1 aromatic heterocycles. The molecule has 6 heteroatoms. The number of nitrogens with two attached hydrogens (primary N) is 1. The summed E-state index contributed by atoms with van der Waals surface area (Å²) in [6.07, 6.45) is 1.56. The Morgan fingerprint density at radius 3 is 3.21 bits per heavy atom. The number of carbonyl (C=O) groups is 2. The summed E-state index contributed by atoms with van der Waals surface area (Å²) in [6, 6.07) is 1.28. The molecule has 1 aromatic rings. The van der Waals surface area contributed by atoms with Gasteiger partial charge in [-0.2, -0.15) is 0 Å². The number of nitrogens with one attached hydrogen (secondary N) is 2. The van der Waals surface area contributed by atoms with E-state index in [0.717, 1.165) is 11.3 Å². The zero-order chi connectivity index (χ0) is 13.7. The molecule has 1 aliphatic rings. The van der Waals surface area contributed by atoms with Crippen molar-refractivity contribution in [3.05, 3.63) is 21.9 Å². The number of thiophene rings is 1. The molecule has 2 amide bonds. The van der Waals surface area contributed by atoms with E-state index in [2.05, 4.69) is 22.5 Å². The Morgan fingerprint density at radius 1 is 1.63 bits per heavy atom. The zero-order valence-electron chi connectivity index (χ0n) is 10.4. The molecule has 100 valence electrons. The molecule has 0 aliphatic carbocycles. The van der Waals surface area contributed by atoms with E-state index in [4.69, 9.17) is 5.73 Å². The Balaban J connectivity index is 1.99. The number of rotatable bonds is 2. The van der Waals surface area contributed by atoms with E-state index in [9.17, 15) is 9.59 Å². The molecule has 0 bridgehead atoms. The first-order valence-corrected chi connectivity index (χ1v) is 6.94. The number of carbonyl (C=O) groups excluding carboxylic acids is 2. The van der Waals surface area contributed by atoms with Crippen molar-refractivity contribution in [3.8, 4) is 11.8 Å². The number of piperidine rings is 1. The smallest absolute Gasteiger partial charge is 0.252 e. The third-order valence-electron chi connectivity index (χ3n) is 2.77.